The van der Waals surface area contributed by atoms with E-state index in [0.29, 0.717) is 18.8 Å². The number of imide groups is 2. The van der Waals surface area contributed by atoms with E-state index in [-0.39, 0.29) is 41.6 Å². The Balaban J connectivity index is 1.17. The van der Waals surface area contributed by atoms with Crippen LogP contribution in [0.5, 0.6) is 5.75 Å². The van der Waals surface area contributed by atoms with E-state index in [1.54, 1.807) is 23.1 Å². The second kappa shape index (κ2) is 8.60. The van der Waals surface area contributed by atoms with Crippen molar-refractivity contribution < 1.29 is 33.4 Å². The van der Waals surface area contributed by atoms with E-state index < -0.39 is 35.3 Å². The molecule has 0 bridgehead atoms. The third-order valence-corrected chi connectivity index (χ3v) is 7.51. The van der Waals surface area contributed by atoms with Crippen LogP contribution in [0, 0.1) is 5.41 Å². The first-order chi connectivity index (χ1) is 16.9. The van der Waals surface area contributed by atoms with Crippen molar-refractivity contribution in [1.29, 1.82) is 0 Å². The highest BCUT2D eigenvalue weighted by Crippen LogP contribution is 2.50. The average molecular weight is 498 g/mol. The molecule has 1 N–H and O–H groups in total. The highest BCUT2D eigenvalue weighted by molar-refractivity contribution is 6.23. The summed E-state index contributed by atoms with van der Waals surface area (Å²) in [6.45, 7) is 6.90. The van der Waals surface area contributed by atoms with Gasteiger partial charge in [-0.3, -0.25) is 29.4 Å². The molecule has 36 heavy (non-hydrogen) atoms. The third kappa shape index (κ3) is 4.44. The lowest BCUT2D eigenvalue weighted by atomic mass is 9.61. The summed E-state index contributed by atoms with van der Waals surface area (Å²) in [5.41, 5.74) is 0.0787. The number of carbonyl (C=O) groups is 5. The van der Waals surface area contributed by atoms with Gasteiger partial charge < -0.3 is 14.4 Å². The van der Waals surface area contributed by atoms with Crippen molar-refractivity contribution in [2.24, 2.45) is 5.41 Å². The number of rotatable bonds is 3. The summed E-state index contributed by atoms with van der Waals surface area (Å²) in [4.78, 5) is 64.6. The van der Waals surface area contributed by atoms with Crippen LogP contribution in [0.1, 0.15) is 80.0 Å². The van der Waals surface area contributed by atoms with Crippen molar-refractivity contribution in [2.75, 3.05) is 13.1 Å². The number of fused-ring (bicyclic) bond motifs is 1. The minimum Gasteiger partial charge on any atom is -0.490 e. The molecular formula is C26H31N3O7. The molecule has 1 aromatic rings. The lowest BCUT2D eigenvalue weighted by Gasteiger charge is -2.51. The molecule has 10 nitrogen and oxygen atoms in total. The van der Waals surface area contributed by atoms with Gasteiger partial charge in [0.1, 0.15) is 17.4 Å². The molecule has 0 aromatic heterocycles. The van der Waals surface area contributed by atoms with Gasteiger partial charge in [-0.1, -0.05) is 0 Å². The Morgan fingerprint density at radius 1 is 1.03 bits per heavy atom. The van der Waals surface area contributed by atoms with Gasteiger partial charge in [0, 0.05) is 19.5 Å². The molecule has 1 saturated carbocycles. The first kappa shape index (κ1) is 24.3. The van der Waals surface area contributed by atoms with Crippen LogP contribution in [-0.2, 0) is 14.3 Å². The fraction of sp³-hybridized carbons (Fsp3) is 0.577. The van der Waals surface area contributed by atoms with E-state index in [1.807, 2.05) is 20.8 Å². The van der Waals surface area contributed by atoms with Crippen LogP contribution in [0.3, 0.4) is 0 Å². The van der Waals surface area contributed by atoms with Crippen molar-refractivity contribution in [1.82, 2.24) is 15.1 Å². The van der Waals surface area contributed by atoms with Gasteiger partial charge in [0.25, 0.3) is 11.8 Å². The molecule has 1 atom stereocenters. The predicted molar refractivity (Wildman–Crippen MR) is 126 cm³/mol. The fourth-order valence-electron chi connectivity index (χ4n) is 5.60. The standard InChI is InChI=1S/C26H31N3O7/c1-25(2,3)36-24(34)28-10-8-26(9-11-28)13-16(14-26)35-15-4-5-17-18(12-15)23(33)29(22(17)32)19-6-7-20(30)27-21(19)31/h4-5,12,16,19H,6-11,13-14H2,1-3H3,(H,27,30,31). The number of hydrogen-bond donors (Lipinski definition) is 1. The van der Waals surface area contributed by atoms with Crippen LogP contribution >= 0.6 is 0 Å². The minimum atomic E-state index is -0.988. The van der Waals surface area contributed by atoms with Crippen molar-refractivity contribution in [3.05, 3.63) is 29.3 Å². The van der Waals surface area contributed by atoms with Crippen molar-refractivity contribution in [3.8, 4) is 5.75 Å². The number of ether oxygens (including phenoxy) is 2. The second-order valence-corrected chi connectivity index (χ2v) is 11.3. The highest BCUT2D eigenvalue weighted by atomic mass is 16.6. The first-order valence-electron chi connectivity index (χ1n) is 12.4. The van der Waals surface area contributed by atoms with Crippen LogP contribution in [0.2, 0.25) is 0 Å². The van der Waals surface area contributed by atoms with Gasteiger partial charge >= 0.3 is 6.09 Å². The van der Waals surface area contributed by atoms with Gasteiger partial charge in [-0.25, -0.2) is 4.79 Å². The lowest BCUT2D eigenvalue weighted by molar-refractivity contribution is -0.136. The summed E-state index contributed by atoms with van der Waals surface area (Å²) in [6.07, 6.45) is 3.44. The van der Waals surface area contributed by atoms with Crippen LogP contribution < -0.4 is 10.1 Å². The summed E-state index contributed by atoms with van der Waals surface area (Å²) in [5.74, 6) is -1.61. The number of likely N-dealkylation sites (tertiary alicyclic amines) is 1. The number of nitrogens with one attached hydrogen (secondary N) is 1. The van der Waals surface area contributed by atoms with Gasteiger partial charge in [-0.15, -0.1) is 0 Å². The Morgan fingerprint density at radius 2 is 1.69 bits per heavy atom. The summed E-state index contributed by atoms with van der Waals surface area (Å²) < 4.78 is 11.6. The Labute approximate surface area is 209 Å². The Bertz CT molecular complexity index is 1140. The summed E-state index contributed by atoms with van der Waals surface area (Å²) in [7, 11) is 0. The molecule has 10 heteroatoms. The first-order valence-corrected chi connectivity index (χ1v) is 12.4. The zero-order valence-electron chi connectivity index (χ0n) is 20.8. The molecule has 3 aliphatic heterocycles. The molecule has 5 amide bonds. The fourth-order valence-corrected chi connectivity index (χ4v) is 5.60. The van der Waals surface area contributed by atoms with Gasteiger partial charge in [0.2, 0.25) is 11.8 Å². The predicted octanol–water partition coefficient (Wildman–Crippen LogP) is 2.65. The van der Waals surface area contributed by atoms with Crippen LogP contribution in [0.4, 0.5) is 4.79 Å². The van der Waals surface area contributed by atoms with Gasteiger partial charge in [-0.05, 0) is 76.5 Å². The number of amides is 5. The molecular weight excluding hydrogens is 466 g/mol. The third-order valence-electron chi connectivity index (χ3n) is 7.51. The Hall–Kier alpha value is -3.43. The molecule has 5 rings (SSSR count). The van der Waals surface area contributed by atoms with Crippen molar-refractivity contribution in [2.45, 2.75) is 77.0 Å². The van der Waals surface area contributed by atoms with Gasteiger partial charge in [-0.2, -0.15) is 0 Å². The zero-order valence-corrected chi connectivity index (χ0v) is 20.8. The molecule has 3 fully saturated rings. The maximum absolute atomic E-state index is 13.0. The number of benzene rings is 1. The van der Waals surface area contributed by atoms with E-state index in [4.69, 9.17) is 9.47 Å². The Kier molecular flexibility index (Phi) is 5.80. The summed E-state index contributed by atoms with van der Waals surface area (Å²) in [5, 5.41) is 2.20. The topological polar surface area (TPSA) is 122 Å². The summed E-state index contributed by atoms with van der Waals surface area (Å²) >= 11 is 0. The maximum atomic E-state index is 13.0. The van der Waals surface area contributed by atoms with Crippen LogP contribution in [0.15, 0.2) is 18.2 Å². The van der Waals surface area contributed by atoms with Gasteiger partial charge in [0.05, 0.1) is 17.2 Å². The molecule has 1 spiro atoms. The normalized spacial score (nSPS) is 23.9. The average Bonchev–Trinajstić information content (AvgIpc) is 3.02. The van der Waals surface area contributed by atoms with E-state index in [1.165, 1.54) is 0 Å². The van der Waals surface area contributed by atoms with Crippen molar-refractivity contribution in [3.63, 3.8) is 0 Å². The monoisotopic (exact) mass is 497 g/mol. The van der Waals surface area contributed by atoms with Crippen molar-refractivity contribution >= 4 is 29.7 Å². The molecule has 3 heterocycles. The molecule has 1 aromatic carbocycles. The largest absolute Gasteiger partial charge is 0.490 e. The minimum absolute atomic E-state index is 0.00503. The number of piperidine rings is 2. The highest BCUT2D eigenvalue weighted by Gasteiger charge is 2.49. The summed E-state index contributed by atoms with van der Waals surface area (Å²) in [6, 6.07) is 3.81. The quantitative estimate of drug-likeness (QED) is 0.637. The Morgan fingerprint density at radius 3 is 2.33 bits per heavy atom. The SMILES string of the molecule is CC(C)(C)OC(=O)N1CCC2(CC1)CC(Oc1ccc3c(c1)C(=O)N(C1CCC(=O)NC1=O)C3=O)C2. The zero-order chi connectivity index (χ0) is 25.8. The van der Waals surface area contributed by atoms with E-state index in [2.05, 4.69) is 5.32 Å². The lowest BCUT2D eigenvalue weighted by Crippen LogP contribution is -2.54. The molecule has 1 unspecified atom stereocenters. The van der Waals surface area contributed by atoms with E-state index in [0.717, 1.165) is 30.6 Å². The van der Waals surface area contributed by atoms with E-state index >= 15 is 0 Å². The smallest absolute Gasteiger partial charge is 0.410 e. The number of hydrogen-bond acceptors (Lipinski definition) is 7. The van der Waals surface area contributed by atoms with Gasteiger partial charge in [0.15, 0.2) is 0 Å². The molecule has 4 aliphatic rings. The van der Waals surface area contributed by atoms with E-state index in [9.17, 15) is 24.0 Å². The number of nitrogens with zero attached hydrogens (tertiary/aromatic N) is 2. The molecule has 2 saturated heterocycles. The maximum Gasteiger partial charge on any atom is 0.410 e. The van der Waals surface area contributed by atoms with Crippen LogP contribution in [0.25, 0.3) is 0 Å². The van der Waals surface area contributed by atoms with Crippen LogP contribution in [-0.4, -0.2) is 70.4 Å². The molecule has 0 radical (unpaired) electrons. The molecule has 1 aliphatic carbocycles. The second-order valence-electron chi connectivity index (χ2n) is 11.3. The number of carbonyl (C=O) groups excluding carboxylic acids is 5. The molecule has 192 valence electrons.